The third-order valence-corrected chi connectivity index (χ3v) is 2.26. The molecule has 1 aromatic carbocycles. The van der Waals surface area contributed by atoms with Gasteiger partial charge in [0.25, 0.3) is 5.91 Å². The van der Waals surface area contributed by atoms with Gasteiger partial charge >= 0.3 is 12.3 Å². The molecule has 3 nitrogen and oxygen atoms in total. The first-order valence-corrected chi connectivity index (χ1v) is 5.10. The second-order valence-corrected chi connectivity index (χ2v) is 3.63. The van der Waals surface area contributed by atoms with Gasteiger partial charge in [-0.25, -0.2) is 8.78 Å². The predicted octanol–water partition coefficient (Wildman–Crippen LogP) is 1.66. The van der Waals surface area contributed by atoms with Gasteiger partial charge in [-0.2, -0.15) is 8.78 Å². The normalized spacial score (nSPS) is 11.7. The Labute approximate surface area is 101 Å². The molecule has 1 rings (SSSR count). The zero-order valence-corrected chi connectivity index (χ0v) is 9.30. The Morgan fingerprint density at radius 1 is 1.33 bits per heavy atom. The summed E-state index contributed by atoms with van der Waals surface area (Å²) >= 11 is 0. The number of nitrogens with two attached hydrogens (primary N) is 1. The molecule has 0 bridgehead atoms. The van der Waals surface area contributed by atoms with E-state index in [1.807, 2.05) is 0 Å². The number of hydrogen-bond acceptors (Lipinski definition) is 2. The molecule has 0 aliphatic carbocycles. The van der Waals surface area contributed by atoms with Gasteiger partial charge < -0.3 is 11.1 Å². The van der Waals surface area contributed by atoms with Gasteiger partial charge in [-0.05, 0) is 11.1 Å². The van der Waals surface area contributed by atoms with Crippen LogP contribution in [0.3, 0.4) is 0 Å². The molecular weight excluding hydrogens is 252 g/mol. The number of amides is 1. The average Bonchev–Trinajstić information content (AvgIpc) is 2.35. The second kappa shape index (κ2) is 5.81. The van der Waals surface area contributed by atoms with E-state index in [0.717, 1.165) is 5.56 Å². The van der Waals surface area contributed by atoms with Crippen molar-refractivity contribution in [2.45, 2.75) is 25.4 Å². The van der Waals surface area contributed by atoms with Gasteiger partial charge in [0.2, 0.25) is 0 Å². The van der Waals surface area contributed by atoms with Crippen LogP contribution in [0.2, 0.25) is 0 Å². The molecule has 0 unspecified atom stereocenters. The molecule has 3 N–H and O–H groups in total. The molecule has 0 saturated heterocycles. The van der Waals surface area contributed by atoms with Crippen LogP contribution in [-0.2, 0) is 17.9 Å². The summed E-state index contributed by atoms with van der Waals surface area (Å²) in [6.45, 7) is 0.00393. The van der Waals surface area contributed by atoms with E-state index >= 15 is 0 Å². The molecule has 0 spiro atoms. The third-order valence-electron chi connectivity index (χ3n) is 2.26. The highest BCUT2D eigenvalue weighted by molar-refractivity contribution is 5.83. The van der Waals surface area contributed by atoms with E-state index in [-0.39, 0.29) is 13.1 Å². The van der Waals surface area contributed by atoms with E-state index < -0.39 is 18.3 Å². The minimum Gasteiger partial charge on any atom is -0.347 e. The Balaban J connectivity index is 2.62. The molecule has 0 aromatic heterocycles. The summed E-state index contributed by atoms with van der Waals surface area (Å²) in [4.78, 5) is 10.9. The van der Waals surface area contributed by atoms with Gasteiger partial charge in [-0.3, -0.25) is 4.79 Å². The Kier molecular flexibility index (Phi) is 4.66. The molecule has 0 heterocycles. The first-order chi connectivity index (χ1) is 8.37. The van der Waals surface area contributed by atoms with Crippen molar-refractivity contribution in [2.24, 2.45) is 5.73 Å². The second-order valence-electron chi connectivity index (χ2n) is 3.63. The smallest absolute Gasteiger partial charge is 0.347 e. The highest BCUT2D eigenvalue weighted by Crippen LogP contribution is 2.22. The molecule has 1 aromatic rings. The zero-order valence-electron chi connectivity index (χ0n) is 9.30. The van der Waals surface area contributed by atoms with Crippen LogP contribution in [0.15, 0.2) is 24.3 Å². The highest BCUT2D eigenvalue weighted by atomic mass is 19.3. The fourth-order valence-electron chi connectivity index (χ4n) is 1.27. The maximum Gasteiger partial charge on any atom is 0.383 e. The monoisotopic (exact) mass is 264 g/mol. The Morgan fingerprint density at radius 2 is 1.94 bits per heavy atom. The number of hydrogen-bond donors (Lipinski definition) is 2. The van der Waals surface area contributed by atoms with Crippen molar-refractivity contribution < 1.29 is 22.4 Å². The summed E-state index contributed by atoms with van der Waals surface area (Å²) in [7, 11) is 0. The van der Waals surface area contributed by atoms with E-state index in [9.17, 15) is 22.4 Å². The van der Waals surface area contributed by atoms with E-state index in [0.29, 0.717) is 5.56 Å². The number of rotatable bonds is 5. The summed E-state index contributed by atoms with van der Waals surface area (Å²) in [5.41, 5.74) is 6.64. The Morgan fingerprint density at radius 3 is 2.50 bits per heavy atom. The van der Waals surface area contributed by atoms with Crippen LogP contribution in [0.4, 0.5) is 17.6 Å². The molecule has 0 saturated carbocycles. The van der Waals surface area contributed by atoms with Gasteiger partial charge in [0.15, 0.2) is 0 Å². The van der Waals surface area contributed by atoms with Crippen LogP contribution in [-0.4, -0.2) is 18.3 Å². The topological polar surface area (TPSA) is 55.1 Å². The fourth-order valence-corrected chi connectivity index (χ4v) is 1.27. The summed E-state index contributed by atoms with van der Waals surface area (Å²) in [6, 6.07) is 6.52. The molecule has 1 amide bonds. The number of halogens is 4. The molecule has 7 heteroatoms. The molecule has 100 valence electrons. The first-order valence-electron chi connectivity index (χ1n) is 5.10. The van der Waals surface area contributed by atoms with Crippen molar-refractivity contribution in [1.82, 2.24) is 5.32 Å². The lowest BCUT2D eigenvalue weighted by molar-refractivity contribution is -0.169. The van der Waals surface area contributed by atoms with Crippen LogP contribution in [0.1, 0.15) is 11.1 Å². The first kappa shape index (κ1) is 14.4. The van der Waals surface area contributed by atoms with Crippen molar-refractivity contribution in [3.8, 4) is 0 Å². The lowest BCUT2D eigenvalue weighted by Crippen LogP contribution is -2.44. The standard InChI is InChI=1S/C11H12F4N2O/c12-9(13)11(14,15)10(18)17-6-8-3-1-2-7(4-8)5-16/h1-4,9H,5-6,16H2,(H,17,18). The van der Waals surface area contributed by atoms with Gasteiger partial charge in [-0.15, -0.1) is 0 Å². The number of benzene rings is 1. The van der Waals surface area contributed by atoms with Gasteiger partial charge in [0.1, 0.15) is 0 Å². The van der Waals surface area contributed by atoms with Crippen LogP contribution in [0.25, 0.3) is 0 Å². The average molecular weight is 264 g/mol. The minimum absolute atomic E-state index is 0.255. The number of carbonyl (C=O) groups excluding carboxylic acids is 1. The summed E-state index contributed by atoms with van der Waals surface area (Å²) in [5.74, 6) is -6.67. The molecule has 18 heavy (non-hydrogen) atoms. The fraction of sp³-hybridized carbons (Fsp3) is 0.364. The van der Waals surface area contributed by atoms with Gasteiger partial charge in [-0.1, -0.05) is 24.3 Å². The van der Waals surface area contributed by atoms with Gasteiger partial charge in [0.05, 0.1) is 0 Å². The minimum atomic E-state index is -4.68. The summed E-state index contributed by atoms with van der Waals surface area (Å²) in [6.07, 6.45) is -4.02. The largest absolute Gasteiger partial charge is 0.383 e. The zero-order chi connectivity index (χ0) is 13.8. The predicted molar refractivity (Wildman–Crippen MR) is 57.1 cm³/mol. The third kappa shape index (κ3) is 3.43. The van der Waals surface area contributed by atoms with Crippen molar-refractivity contribution in [2.75, 3.05) is 0 Å². The van der Waals surface area contributed by atoms with Crippen molar-refractivity contribution in [1.29, 1.82) is 0 Å². The maximum atomic E-state index is 12.6. The van der Waals surface area contributed by atoms with Crippen LogP contribution >= 0.6 is 0 Å². The number of alkyl halides is 4. The molecule has 0 aliphatic rings. The van der Waals surface area contributed by atoms with Crippen LogP contribution in [0, 0.1) is 0 Å². The van der Waals surface area contributed by atoms with E-state index in [2.05, 4.69) is 0 Å². The van der Waals surface area contributed by atoms with E-state index in [4.69, 9.17) is 5.73 Å². The quantitative estimate of drug-likeness (QED) is 0.795. The van der Waals surface area contributed by atoms with Gasteiger partial charge in [0, 0.05) is 13.1 Å². The summed E-state index contributed by atoms with van der Waals surface area (Å²) < 4.78 is 49.0. The van der Waals surface area contributed by atoms with E-state index in [1.165, 1.54) is 0 Å². The lowest BCUT2D eigenvalue weighted by Gasteiger charge is -2.14. The molecule has 0 aliphatic heterocycles. The molecule has 0 fully saturated rings. The number of nitrogens with one attached hydrogen (secondary N) is 1. The number of carbonyl (C=O) groups is 1. The van der Waals surface area contributed by atoms with Crippen molar-refractivity contribution in [3.63, 3.8) is 0 Å². The Hall–Kier alpha value is -1.63. The molecule has 0 radical (unpaired) electrons. The molecular formula is C11H12F4N2O. The summed E-state index contributed by atoms with van der Waals surface area (Å²) in [5, 5.41) is 1.76. The van der Waals surface area contributed by atoms with Crippen molar-refractivity contribution in [3.05, 3.63) is 35.4 Å². The maximum absolute atomic E-state index is 12.6. The Bertz CT molecular complexity index is 423. The van der Waals surface area contributed by atoms with Crippen LogP contribution < -0.4 is 11.1 Å². The van der Waals surface area contributed by atoms with Crippen LogP contribution in [0.5, 0.6) is 0 Å². The van der Waals surface area contributed by atoms with E-state index in [1.54, 1.807) is 29.6 Å². The van der Waals surface area contributed by atoms with Crippen molar-refractivity contribution >= 4 is 5.91 Å². The highest BCUT2D eigenvalue weighted by Gasteiger charge is 2.48. The lowest BCUT2D eigenvalue weighted by atomic mass is 10.1. The molecule has 0 atom stereocenters. The SMILES string of the molecule is NCc1cccc(CNC(=O)C(F)(F)C(F)F)c1.